The van der Waals surface area contributed by atoms with Crippen LogP contribution < -0.4 is 5.32 Å². The van der Waals surface area contributed by atoms with Crippen LogP contribution in [0.3, 0.4) is 0 Å². The number of furan rings is 1. The lowest BCUT2D eigenvalue weighted by molar-refractivity contribution is -0.148. The Morgan fingerprint density at radius 3 is 2.90 bits per heavy atom. The normalized spacial score (nSPS) is 13.9. The lowest BCUT2D eigenvalue weighted by Crippen LogP contribution is -2.49. The van der Waals surface area contributed by atoms with Crippen LogP contribution in [-0.2, 0) is 16.1 Å². The van der Waals surface area contributed by atoms with Crippen molar-refractivity contribution in [2.75, 3.05) is 7.11 Å². The molecule has 21 heavy (non-hydrogen) atoms. The number of rotatable bonds is 7. The molecule has 0 aliphatic heterocycles. The quantitative estimate of drug-likeness (QED) is 0.782. The van der Waals surface area contributed by atoms with Gasteiger partial charge in [-0.3, -0.25) is 10.1 Å². The van der Waals surface area contributed by atoms with Crippen LogP contribution in [0.15, 0.2) is 27.2 Å². The fourth-order valence-electron chi connectivity index (χ4n) is 2.08. The third-order valence-electron chi connectivity index (χ3n) is 3.21. The van der Waals surface area contributed by atoms with Gasteiger partial charge in [-0.15, -0.1) is 10.2 Å². The second-order valence-corrected chi connectivity index (χ2v) is 4.91. The first-order valence-corrected chi connectivity index (χ1v) is 6.78. The monoisotopic (exact) mass is 293 g/mol. The van der Waals surface area contributed by atoms with E-state index in [9.17, 15) is 4.79 Å². The van der Waals surface area contributed by atoms with Crippen molar-refractivity contribution in [3.63, 3.8) is 0 Å². The standard InChI is InChI=1S/C14H19N3O4/c1-4-7-14(2,13(18)19-3)15-9-11-16-17-12(21-11)10-6-5-8-20-10/h5-6,8,15H,4,7,9H2,1-3H3. The number of methoxy groups -OCH3 is 1. The Balaban J connectivity index is 2.03. The van der Waals surface area contributed by atoms with E-state index in [2.05, 4.69) is 15.5 Å². The highest BCUT2D eigenvalue weighted by atomic mass is 16.5. The van der Waals surface area contributed by atoms with E-state index in [0.29, 0.717) is 24.0 Å². The molecule has 1 unspecified atom stereocenters. The number of esters is 1. The van der Waals surface area contributed by atoms with Gasteiger partial charge in [0, 0.05) is 0 Å². The van der Waals surface area contributed by atoms with Crippen molar-refractivity contribution in [2.45, 2.75) is 38.8 Å². The summed E-state index contributed by atoms with van der Waals surface area (Å²) in [4.78, 5) is 11.9. The van der Waals surface area contributed by atoms with E-state index < -0.39 is 5.54 Å². The Morgan fingerprint density at radius 2 is 2.29 bits per heavy atom. The van der Waals surface area contributed by atoms with Gasteiger partial charge in [-0.25, -0.2) is 0 Å². The molecule has 7 nitrogen and oxygen atoms in total. The van der Waals surface area contributed by atoms with Crippen molar-refractivity contribution < 1.29 is 18.4 Å². The highest BCUT2D eigenvalue weighted by Gasteiger charge is 2.33. The third kappa shape index (κ3) is 3.49. The summed E-state index contributed by atoms with van der Waals surface area (Å²) < 4.78 is 15.5. The van der Waals surface area contributed by atoms with E-state index in [1.807, 2.05) is 6.92 Å². The van der Waals surface area contributed by atoms with Crippen molar-refractivity contribution in [2.24, 2.45) is 0 Å². The molecule has 2 rings (SSSR count). The van der Waals surface area contributed by atoms with Gasteiger partial charge in [-0.2, -0.15) is 0 Å². The van der Waals surface area contributed by atoms with Crippen LogP contribution >= 0.6 is 0 Å². The van der Waals surface area contributed by atoms with E-state index in [4.69, 9.17) is 13.6 Å². The molecule has 7 heteroatoms. The molecule has 0 spiro atoms. The SMILES string of the molecule is CCCC(C)(NCc1nnc(-c2ccco2)o1)C(=O)OC. The Hall–Kier alpha value is -2.15. The van der Waals surface area contributed by atoms with Crippen LogP contribution in [0.5, 0.6) is 0 Å². The summed E-state index contributed by atoms with van der Waals surface area (Å²) in [5, 5.41) is 11.0. The van der Waals surface area contributed by atoms with Gasteiger partial charge in [-0.05, 0) is 25.5 Å². The summed E-state index contributed by atoms with van der Waals surface area (Å²) in [5.41, 5.74) is -0.775. The molecule has 0 fully saturated rings. The molecular weight excluding hydrogens is 274 g/mol. The van der Waals surface area contributed by atoms with Crippen molar-refractivity contribution in [1.29, 1.82) is 0 Å². The lowest BCUT2D eigenvalue weighted by Gasteiger charge is -2.26. The van der Waals surface area contributed by atoms with Crippen LogP contribution in [0.2, 0.25) is 0 Å². The Labute approximate surface area is 122 Å². The van der Waals surface area contributed by atoms with E-state index in [-0.39, 0.29) is 12.5 Å². The summed E-state index contributed by atoms with van der Waals surface area (Å²) in [6.45, 7) is 4.08. The summed E-state index contributed by atoms with van der Waals surface area (Å²) in [6, 6.07) is 3.48. The van der Waals surface area contributed by atoms with Gasteiger partial charge in [0.15, 0.2) is 5.76 Å². The largest absolute Gasteiger partial charge is 0.468 e. The average Bonchev–Trinajstić information content (AvgIpc) is 3.15. The third-order valence-corrected chi connectivity index (χ3v) is 3.21. The van der Waals surface area contributed by atoms with E-state index in [0.717, 1.165) is 6.42 Å². The van der Waals surface area contributed by atoms with Crippen LogP contribution in [0.4, 0.5) is 0 Å². The van der Waals surface area contributed by atoms with Crippen molar-refractivity contribution >= 4 is 5.97 Å². The Bertz CT molecular complexity index is 579. The van der Waals surface area contributed by atoms with Crippen LogP contribution in [0, 0.1) is 0 Å². The molecule has 0 saturated heterocycles. The van der Waals surface area contributed by atoms with Crippen molar-refractivity contribution in [3.05, 3.63) is 24.3 Å². The van der Waals surface area contributed by atoms with Crippen molar-refractivity contribution in [3.8, 4) is 11.7 Å². The van der Waals surface area contributed by atoms with E-state index in [1.54, 1.807) is 19.1 Å². The van der Waals surface area contributed by atoms with E-state index in [1.165, 1.54) is 13.4 Å². The zero-order chi connectivity index (χ0) is 15.3. The van der Waals surface area contributed by atoms with Gasteiger partial charge in [0.05, 0.1) is 19.9 Å². The molecular formula is C14H19N3O4. The maximum atomic E-state index is 11.9. The Morgan fingerprint density at radius 1 is 1.48 bits per heavy atom. The molecule has 0 amide bonds. The molecule has 0 bridgehead atoms. The fourth-order valence-corrected chi connectivity index (χ4v) is 2.08. The molecule has 2 heterocycles. The summed E-state index contributed by atoms with van der Waals surface area (Å²) in [5.74, 6) is 0.896. The Kier molecular flexibility index (Phi) is 4.74. The predicted molar refractivity (Wildman–Crippen MR) is 74.2 cm³/mol. The van der Waals surface area contributed by atoms with Crippen LogP contribution in [0.1, 0.15) is 32.6 Å². The van der Waals surface area contributed by atoms with E-state index >= 15 is 0 Å². The molecule has 0 aromatic carbocycles. The lowest BCUT2D eigenvalue weighted by atomic mass is 9.96. The van der Waals surface area contributed by atoms with Gasteiger partial charge in [0.1, 0.15) is 5.54 Å². The van der Waals surface area contributed by atoms with Crippen molar-refractivity contribution in [1.82, 2.24) is 15.5 Å². The first kappa shape index (κ1) is 15.2. The number of carbonyl (C=O) groups is 1. The van der Waals surface area contributed by atoms with Crippen LogP contribution in [-0.4, -0.2) is 28.8 Å². The molecule has 114 valence electrons. The number of ether oxygens (including phenoxy) is 1. The zero-order valence-corrected chi connectivity index (χ0v) is 12.4. The minimum absolute atomic E-state index is 0.277. The molecule has 0 saturated carbocycles. The van der Waals surface area contributed by atoms with Gasteiger partial charge >= 0.3 is 5.97 Å². The minimum atomic E-state index is -0.775. The molecule has 2 aromatic heterocycles. The topological polar surface area (TPSA) is 90.4 Å². The fraction of sp³-hybridized carbons (Fsp3) is 0.500. The first-order chi connectivity index (χ1) is 10.1. The molecule has 0 aliphatic carbocycles. The maximum absolute atomic E-state index is 11.9. The predicted octanol–water partition coefficient (Wildman–Crippen LogP) is 2.15. The summed E-state index contributed by atoms with van der Waals surface area (Å²) in [6.07, 6.45) is 3.03. The van der Waals surface area contributed by atoms with Gasteiger partial charge in [0.25, 0.3) is 5.89 Å². The highest BCUT2D eigenvalue weighted by molar-refractivity contribution is 5.80. The number of carbonyl (C=O) groups excluding carboxylic acids is 1. The molecule has 0 radical (unpaired) electrons. The highest BCUT2D eigenvalue weighted by Crippen LogP contribution is 2.19. The minimum Gasteiger partial charge on any atom is -0.468 e. The molecule has 0 aliphatic rings. The number of hydrogen-bond acceptors (Lipinski definition) is 7. The molecule has 1 N–H and O–H groups in total. The number of nitrogens with zero attached hydrogens (tertiary/aromatic N) is 2. The van der Waals surface area contributed by atoms with Gasteiger partial charge < -0.3 is 13.6 Å². The molecule has 2 aromatic rings. The second-order valence-electron chi connectivity index (χ2n) is 4.91. The summed E-state index contributed by atoms with van der Waals surface area (Å²) in [7, 11) is 1.37. The first-order valence-electron chi connectivity index (χ1n) is 6.78. The maximum Gasteiger partial charge on any atom is 0.325 e. The molecule has 1 atom stereocenters. The smallest absolute Gasteiger partial charge is 0.325 e. The summed E-state index contributed by atoms with van der Waals surface area (Å²) >= 11 is 0. The zero-order valence-electron chi connectivity index (χ0n) is 12.4. The van der Waals surface area contributed by atoms with Crippen LogP contribution in [0.25, 0.3) is 11.7 Å². The number of nitrogens with one attached hydrogen (secondary N) is 1. The second kappa shape index (κ2) is 6.53. The van der Waals surface area contributed by atoms with Gasteiger partial charge in [-0.1, -0.05) is 13.3 Å². The van der Waals surface area contributed by atoms with Gasteiger partial charge in [0.2, 0.25) is 5.89 Å². The number of hydrogen-bond donors (Lipinski definition) is 1. The average molecular weight is 293 g/mol. The number of aromatic nitrogens is 2.